The summed E-state index contributed by atoms with van der Waals surface area (Å²) in [4.78, 5) is 36.0. The average molecular weight is 365 g/mol. The minimum Gasteiger partial charge on any atom is -0.457 e. The molecule has 1 aromatic carbocycles. The number of hydrogen-bond donors (Lipinski definition) is 1. The van der Waals surface area contributed by atoms with Crippen molar-refractivity contribution in [2.45, 2.75) is 0 Å². The van der Waals surface area contributed by atoms with E-state index >= 15 is 0 Å². The number of carbonyl (C=O) groups is 3. The number of halogens is 2. The number of likely N-dealkylation sites (N-methyl/N-ethyl adjacent to an activating group) is 1. The molecule has 8 heteroatoms. The number of rotatable bonds is 2. The topological polar surface area (TPSA) is 79.6 Å². The van der Waals surface area contributed by atoms with Gasteiger partial charge in [-0.1, -0.05) is 23.2 Å². The minimum absolute atomic E-state index is 0.188. The lowest BCUT2D eigenvalue weighted by Crippen LogP contribution is -2.52. The van der Waals surface area contributed by atoms with Gasteiger partial charge in [0.1, 0.15) is 17.1 Å². The second-order valence-electron chi connectivity index (χ2n) is 5.01. The fourth-order valence-corrected chi connectivity index (χ4v) is 2.42. The van der Waals surface area contributed by atoms with Crippen LogP contribution in [0.5, 0.6) is 0 Å². The van der Waals surface area contributed by atoms with Crippen LogP contribution in [-0.4, -0.2) is 29.8 Å². The maximum absolute atomic E-state index is 12.0. The largest absolute Gasteiger partial charge is 0.457 e. The molecule has 1 fully saturated rings. The lowest BCUT2D eigenvalue weighted by Gasteiger charge is -2.21. The molecule has 0 radical (unpaired) electrons. The summed E-state index contributed by atoms with van der Waals surface area (Å²) < 4.78 is 5.61. The van der Waals surface area contributed by atoms with Crippen LogP contribution in [0.15, 0.2) is 40.3 Å². The molecule has 0 unspecified atom stereocenters. The van der Waals surface area contributed by atoms with Gasteiger partial charge in [-0.3, -0.25) is 19.8 Å². The Morgan fingerprint density at radius 3 is 2.54 bits per heavy atom. The zero-order chi connectivity index (χ0) is 17.4. The number of urea groups is 1. The molecule has 4 amide bonds. The highest BCUT2D eigenvalue weighted by Gasteiger charge is 2.33. The number of imide groups is 2. The van der Waals surface area contributed by atoms with Gasteiger partial charge in [0.05, 0.1) is 10.0 Å². The van der Waals surface area contributed by atoms with Gasteiger partial charge < -0.3 is 4.42 Å². The summed E-state index contributed by atoms with van der Waals surface area (Å²) in [6, 6.07) is 7.52. The van der Waals surface area contributed by atoms with Crippen LogP contribution in [0.3, 0.4) is 0 Å². The van der Waals surface area contributed by atoms with E-state index < -0.39 is 17.8 Å². The zero-order valence-corrected chi connectivity index (χ0v) is 13.8. The van der Waals surface area contributed by atoms with Gasteiger partial charge in [0.25, 0.3) is 11.8 Å². The number of benzene rings is 1. The quantitative estimate of drug-likeness (QED) is 0.654. The third-order valence-electron chi connectivity index (χ3n) is 3.42. The van der Waals surface area contributed by atoms with Crippen LogP contribution in [0, 0.1) is 0 Å². The lowest BCUT2D eigenvalue weighted by atomic mass is 10.1. The summed E-state index contributed by atoms with van der Waals surface area (Å²) in [5, 5.41) is 2.87. The fraction of sp³-hybridized carbons (Fsp3) is 0.0625. The molecular formula is C16H10Cl2N2O4. The van der Waals surface area contributed by atoms with E-state index in [1.54, 1.807) is 30.3 Å². The van der Waals surface area contributed by atoms with Crippen LogP contribution >= 0.6 is 23.2 Å². The van der Waals surface area contributed by atoms with Crippen molar-refractivity contribution >= 4 is 47.1 Å². The van der Waals surface area contributed by atoms with E-state index in [4.69, 9.17) is 27.6 Å². The SMILES string of the molecule is CN1C(=O)NC(=O)/C(=C/c2ccc(-c3ccc(Cl)c(Cl)c3)o2)C1=O. The highest BCUT2D eigenvalue weighted by molar-refractivity contribution is 6.42. The maximum atomic E-state index is 12.0. The molecule has 24 heavy (non-hydrogen) atoms. The number of hydrogen-bond acceptors (Lipinski definition) is 4. The molecule has 2 aromatic rings. The Kier molecular flexibility index (Phi) is 4.17. The van der Waals surface area contributed by atoms with Crippen LogP contribution in [0.25, 0.3) is 17.4 Å². The third kappa shape index (κ3) is 2.93. The van der Waals surface area contributed by atoms with Crippen molar-refractivity contribution in [2.75, 3.05) is 7.05 Å². The molecule has 1 aromatic heterocycles. The molecule has 0 saturated carbocycles. The maximum Gasteiger partial charge on any atom is 0.331 e. The second kappa shape index (κ2) is 6.14. The van der Waals surface area contributed by atoms with E-state index in [0.29, 0.717) is 21.4 Å². The summed E-state index contributed by atoms with van der Waals surface area (Å²) >= 11 is 11.8. The summed E-state index contributed by atoms with van der Waals surface area (Å²) in [7, 11) is 1.28. The first-order valence-corrected chi connectivity index (χ1v) is 7.53. The van der Waals surface area contributed by atoms with Crippen molar-refractivity contribution in [3.8, 4) is 11.3 Å². The Balaban J connectivity index is 1.93. The minimum atomic E-state index is -0.768. The van der Waals surface area contributed by atoms with Gasteiger partial charge >= 0.3 is 6.03 Å². The third-order valence-corrected chi connectivity index (χ3v) is 4.16. The monoisotopic (exact) mass is 364 g/mol. The van der Waals surface area contributed by atoms with Crippen molar-refractivity contribution in [3.05, 3.63) is 51.7 Å². The Hall–Kier alpha value is -2.57. The van der Waals surface area contributed by atoms with Crippen LogP contribution in [0.2, 0.25) is 10.0 Å². The van der Waals surface area contributed by atoms with Gasteiger partial charge in [0.15, 0.2) is 0 Å². The number of nitrogens with zero attached hydrogens (tertiary/aromatic N) is 1. The Bertz CT molecular complexity index is 901. The van der Waals surface area contributed by atoms with Gasteiger partial charge in [-0.05, 0) is 36.4 Å². The highest BCUT2D eigenvalue weighted by atomic mass is 35.5. The lowest BCUT2D eigenvalue weighted by molar-refractivity contribution is -0.129. The fourth-order valence-electron chi connectivity index (χ4n) is 2.12. The molecule has 1 N–H and O–H groups in total. The molecule has 2 heterocycles. The first-order valence-electron chi connectivity index (χ1n) is 6.77. The molecule has 0 spiro atoms. The van der Waals surface area contributed by atoms with Crippen LogP contribution in [0.4, 0.5) is 4.79 Å². The first kappa shape index (κ1) is 16.3. The van der Waals surface area contributed by atoms with Crippen molar-refractivity contribution in [2.24, 2.45) is 0 Å². The molecular weight excluding hydrogens is 355 g/mol. The number of barbiturate groups is 1. The smallest absolute Gasteiger partial charge is 0.331 e. The number of carbonyl (C=O) groups excluding carboxylic acids is 3. The number of amides is 4. The van der Waals surface area contributed by atoms with Crippen LogP contribution in [-0.2, 0) is 9.59 Å². The number of furan rings is 1. The molecule has 1 aliphatic heterocycles. The van der Waals surface area contributed by atoms with E-state index in [-0.39, 0.29) is 11.3 Å². The molecule has 0 aliphatic carbocycles. The van der Waals surface area contributed by atoms with E-state index in [1.165, 1.54) is 13.1 Å². The molecule has 0 bridgehead atoms. The predicted molar refractivity (Wildman–Crippen MR) is 88.4 cm³/mol. The van der Waals surface area contributed by atoms with Crippen molar-refractivity contribution in [3.63, 3.8) is 0 Å². The van der Waals surface area contributed by atoms with Crippen LogP contribution < -0.4 is 5.32 Å². The summed E-state index contributed by atoms with van der Waals surface area (Å²) in [6.07, 6.45) is 1.28. The Morgan fingerprint density at radius 1 is 1.08 bits per heavy atom. The van der Waals surface area contributed by atoms with Gasteiger partial charge in [-0.25, -0.2) is 4.79 Å². The van der Waals surface area contributed by atoms with E-state index in [0.717, 1.165) is 4.90 Å². The normalized spacial score (nSPS) is 16.7. The van der Waals surface area contributed by atoms with Gasteiger partial charge in [0.2, 0.25) is 0 Å². The molecule has 0 atom stereocenters. The highest BCUT2D eigenvalue weighted by Crippen LogP contribution is 2.30. The van der Waals surface area contributed by atoms with Crippen molar-refractivity contribution in [1.82, 2.24) is 10.2 Å². The van der Waals surface area contributed by atoms with E-state index in [9.17, 15) is 14.4 Å². The summed E-state index contributed by atoms with van der Waals surface area (Å²) in [6.45, 7) is 0. The van der Waals surface area contributed by atoms with Gasteiger partial charge in [-0.15, -0.1) is 0 Å². The molecule has 1 aliphatic rings. The molecule has 3 rings (SSSR count). The van der Waals surface area contributed by atoms with E-state index in [1.807, 2.05) is 0 Å². The van der Waals surface area contributed by atoms with Gasteiger partial charge in [0, 0.05) is 12.6 Å². The summed E-state index contributed by atoms with van der Waals surface area (Å²) in [5.74, 6) is -0.683. The Labute approximate surface area is 146 Å². The predicted octanol–water partition coefficient (Wildman–Crippen LogP) is 3.35. The van der Waals surface area contributed by atoms with E-state index in [2.05, 4.69) is 5.32 Å². The standard InChI is InChI=1S/C16H10Cl2N2O4/c1-20-15(22)10(14(21)19-16(20)23)7-9-3-5-13(24-9)8-2-4-11(17)12(18)6-8/h2-7H,1H3,(H,19,21,23)/b10-7-. The molecule has 1 saturated heterocycles. The average Bonchev–Trinajstić information content (AvgIpc) is 3.01. The second-order valence-corrected chi connectivity index (χ2v) is 5.83. The molecule has 6 nitrogen and oxygen atoms in total. The van der Waals surface area contributed by atoms with Crippen molar-refractivity contribution in [1.29, 1.82) is 0 Å². The van der Waals surface area contributed by atoms with Crippen molar-refractivity contribution < 1.29 is 18.8 Å². The summed E-state index contributed by atoms with van der Waals surface area (Å²) in [5.41, 5.74) is 0.507. The number of nitrogens with one attached hydrogen (secondary N) is 1. The van der Waals surface area contributed by atoms with Gasteiger partial charge in [-0.2, -0.15) is 0 Å². The molecule has 122 valence electrons. The Morgan fingerprint density at radius 2 is 1.83 bits per heavy atom. The van der Waals surface area contributed by atoms with Crippen LogP contribution in [0.1, 0.15) is 5.76 Å². The first-order chi connectivity index (χ1) is 11.4. The zero-order valence-electron chi connectivity index (χ0n) is 12.3.